The predicted molar refractivity (Wildman–Crippen MR) is 124 cm³/mol. The summed E-state index contributed by atoms with van der Waals surface area (Å²) in [5.41, 5.74) is 1.11. The molecule has 0 N–H and O–H groups in total. The molecule has 0 unspecified atom stereocenters. The van der Waals surface area contributed by atoms with Gasteiger partial charge in [-0.3, -0.25) is 9.78 Å². The Hall–Kier alpha value is -3.00. The van der Waals surface area contributed by atoms with Crippen LogP contribution >= 0.6 is 11.8 Å². The van der Waals surface area contributed by atoms with Crippen LogP contribution in [0.3, 0.4) is 0 Å². The van der Waals surface area contributed by atoms with E-state index in [1.807, 2.05) is 24.3 Å². The zero-order chi connectivity index (χ0) is 23.6. The summed E-state index contributed by atoms with van der Waals surface area (Å²) in [5, 5.41) is 0. The van der Waals surface area contributed by atoms with Gasteiger partial charge in [0.1, 0.15) is 5.75 Å². The number of aromatic nitrogens is 1. The highest BCUT2D eigenvalue weighted by Gasteiger charge is 2.32. The van der Waals surface area contributed by atoms with Gasteiger partial charge in [-0.2, -0.15) is 13.2 Å². The first-order chi connectivity index (χ1) is 15.8. The molecule has 0 bridgehead atoms. The number of thioether (sulfide) groups is 1. The minimum atomic E-state index is -4.55. The smallest absolute Gasteiger partial charge is 0.416 e. The fourth-order valence-corrected chi connectivity index (χ4v) is 4.14. The second-order valence-electron chi connectivity index (χ2n) is 7.87. The summed E-state index contributed by atoms with van der Waals surface area (Å²) in [6, 6.07) is 12.8. The second-order valence-corrected chi connectivity index (χ2v) is 8.75. The number of halogens is 3. The molecule has 0 radical (unpaired) electrons. The van der Waals surface area contributed by atoms with Gasteiger partial charge in [0.25, 0.3) is 5.91 Å². The van der Waals surface area contributed by atoms with Gasteiger partial charge in [0.05, 0.1) is 23.6 Å². The molecule has 1 saturated carbocycles. The van der Waals surface area contributed by atoms with Crippen molar-refractivity contribution in [1.29, 1.82) is 0 Å². The Morgan fingerprint density at radius 1 is 1.12 bits per heavy atom. The number of para-hydroxylation sites is 1. The van der Waals surface area contributed by atoms with Gasteiger partial charge in [-0.1, -0.05) is 18.2 Å². The fraction of sp³-hybridized carbons (Fsp3) is 0.280. The zero-order valence-electron chi connectivity index (χ0n) is 18.2. The van der Waals surface area contributed by atoms with Crippen molar-refractivity contribution in [2.45, 2.75) is 36.4 Å². The molecule has 4 rings (SSSR count). The molecule has 0 saturated heterocycles. The zero-order valence-corrected chi connectivity index (χ0v) is 19.0. The van der Waals surface area contributed by atoms with Crippen LogP contribution in [0.1, 0.15) is 35.2 Å². The van der Waals surface area contributed by atoms with Crippen molar-refractivity contribution in [2.24, 2.45) is 0 Å². The van der Waals surface area contributed by atoms with Crippen molar-refractivity contribution >= 4 is 23.4 Å². The number of pyridine rings is 1. The molecule has 2 aromatic carbocycles. The van der Waals surface area contributed by atoms with Crippen LogP contribution in [0.25, 0.3) is 11.1 Å². The standard InChI is InChI=1S/C25H23F3N2O2S/c1-30(24(31)16-12-17(25(26,27)28)14-19(13-16)33-2)22-15-29-11-10-20(22)21-8-3-4-9-23(21)32-18-6-5-7-18/h3-4,8-15,18H,5-7H2,1-2H3. The molecule has 172 valence electrons. The van der Waals surface area contributed by atoms with E-state index in [-0.39, 0.29) is 11.7 Å². The quantitative estimate of drug-likeness (QED) is 0.375. The third-order valence-corrected chi connectivity index (χ3v) is 6.41. The van der Waals surface area contributed by atoms with Crippen LogP contribution < -0.4 is 9.64 Å². The average Bonchev–Trinajstić information content (AvgIpc) is 2.79. The maximum absolute atomic E-state index is 13.4. The number of anilines is 1. The summed E-state index contributed by atoms with van der Waals surface area (Å²) in [6.07, 6.45) is 3.60. The number of benzene rings is 2. The second kappa shape index (κ2) is 9.47. The van der Waals surface area contributed by atoms with Gasteiger partial charge < -0.3 is 9.64 Å². The first kappa shape index (κ1) is 23.2. The minimum Gasteiger partial charge on any atom is -0.490 e. The van der Waals surface area contributed by atoms with E-state index in [9.17, 15) is 18.0 Å². The van der Waals surface area contributed by atoms with E-state index in [0.29, 0.717) is 21.9 Å². The molecule has 1 fully saturated rings. The van der Waals surface area contributed by atoms with Crippen molar-refractivity contribution in [2.75, 3.05) is 18.2 Å². The number of hydrogen-bond donors (Lipinski definition) is 0. The number of ether oxygens (including phenoxy) is 1. The Morgan fingerprint density at radius 2 is 1.88 bits per heavy atom. The van der Waals surface area contributed by atoms with Gasteiger partial charge in [-0.25, -0.2) is 0 Å². The Kier molecular flexibility index (Phi) is 6.65. The molecular formula is C25H23F3N2O2S. The van der Waals surface area contributed by atoms with Crippen LogP contribution in [-0.4, -0.2) is 30.3 Å². The van der Waals surface area contributed by atoms with Gasteiger partial charge in [0, 0.05) is 34.8 Å². The Bertz CT molecular complexity index is 1160. The number of amides is 1. The molecule has 8 heteroatoms. The molecule has 1 heterocycles. The lowest BCUT2D eigenvalue weighted by Gasteiger charge is -2.28. The van der Waals surface area contributed by atoms with Crippen molar-refractivity contribution in [3.05, 3.63) is 72.1 Å². The normalized spacial score (nSPS) is 14.0. The van der Waals surface area contributed by atoms with E-state index in [1.54, 1.807) is 18.5 Å². The van der Waals surface area contributed by atoms with Crippen LogP contribution in [0.15, 0.2) is 65.8 Å². The van der Waals surface area contributed by atoms with Gasteiger partial charge in [-0.05, 0) is 55.9 Å². The van der Waals surface area contributed by atoms with Gasteiger partial charge >= 0.3 is 6.18 Å². The van der Waals surface area contributed by atoms with E-state index < -0.39 is 17.6 Å². The van der Waals surface area contributed by atoms with E-state index in [4.69, 9.17) is 4.74 Å². The summed E-state index contributed by atoms with van der Waals surface area (Å²) >= 11 is 1.15. The molecule has 0 aliphatic heterocycles. The highest BCUT2D eigenvalue weighted by atomic mass is 32.2. The van der Waals surface area contributed by atoms with Crippen molar-refractivity contribution in [1.82, 2.24) is 4.98 Å². The number of rotatable bonds is 6. The molecule has 3 aromatic rings. The molecule has 4 nitrogen and oxygen atoms in total. The first-order valence-electron chi connectivity index (χ1n) is 10.5. The van der Waals surface area contributed by atoms with E-state index in [0.717, 1.165) is 48.7 Å². The Morgan fingerprint density at radius 3 is 2.55 bits per heavy atom. The average molecular weight is 473 g/mol. The molecule has 0 spiro atoms. The number of hydrogen-bond acceptors (Lipinski definition) is 4. The molecule has 1 aliphatic carbocycles. The lowest BCUT2D eigenvalue weighted by molar-refractivity contribution is -0.137. The number of carbonyl (C=O) groups excluding carboxylic acids is 1. The Labute approximate surface area is 194 Å². The maximum Gasteiger partial charge on any atom is 0.416 e. The van der Waals surface area contributed by atoms with Crippen molar-refractivity contribution in [3.8, 4) is 16.9 Å². The first-order valence-corrected chi connectivity index (χ1v) is 11.7. The minimum absolute atomic E-state index is 0.0366. The number of alkyl halides is 3. The number of nitrogens with zero attached hydrogens (tertiary/aromatic N) is 2. The largest absolute Gasteiger partial charge is 0.490 e. The summed E-state index contributed by atoms with van der Waals surface area (Å²) in [7, 11) is 1.54. The van der Waals surface area contributed by atoms with Crippen LogP contribution in [0.5, 0.6) is 5.75 Å². The summed E-state index contributed by atoms with van der Waals surface area (Å²) in [6.45, 7) is 0. The van der Waals surface area contributed by atoms with Crippen LogP contribution in [-0.2, 0) is 6.18 Å². The molecule has 0 atom stereocenters. The summed E-state index contributed by atoms with van der Waals surface area (Å²) < 4.78 is 46.3. The van der Waals surface area contributed by atoms with E-state index in [2.05, 4.69) is 4.98 Å². The van der Waals surface area contributed by atoms with E-state index >= 15 is 0 Å². The third-order valence-electron chi connectivity index (χ3n) is 5.71. The van der Waals surface area contributed by atoms with Crippen LogP contribution in [0.4, 0.5) is 18.9 Å². The van der Waals surface area contributed by atoms with Gasteiger partial charge in [0.2, 0.25) is 0 Å². The highest BCUT2D eigenvalue weighted by Crippen LogP contribution is 2.39. The number of carbonyl (C=O) groups is 1. The summed E-state index contributed by atoms with van der Waals surface area (Å²) in [5.74, 6) is 0.155. The maximum atomic E-state index is 13.4. The molecule has 33 heavy (non-hydrogen) atoms. The lowest BCUT2D eigenvalue weighted by Crippen LogP contribution is -2.27. The monoisotopic (exact) mass is 472 g/mol. The SMILES string of the molecule is CSc1cc(C(=O)N(C)c2cnccc2-c2ccccc2OC2CCC2)cc(C(F)(F)F)c1. The fourth-order valence-electron chi connectivity index (χ4n) is 3.65. The molecule has 1 amide bonds. The van der Waals surface area contributed by atoms with Gasteiger partial charge in [-0.15, -0.1) is 11.8 Å². The predicted octanol–water partition coefficient (Wildman–Crippen LogP) is 6.70. The molecule has 1 aromatic heterocycles. The lowest BCUT2D eigenvalue weighted by atomic mass is 9.95. The van der Waals surface area contributed by atoms with Crippen molar-refractivity contribution in [3.63, 3.8) is 0 Å². The topological polar surface area (TPSA) is 42.4 Å². The van der Waals surface area contributed by atoms with E-state index in [1.165, 1.54) is 24.2 Å². The third kappa shape index (κ3) is 5.00. The Balaban J connectivity index is 1.72. The van der Waals surface area contributed by atoms with Crippen molar-refractivity contribution < 1.29 is 22.7 Å². The van der Waals surface area contributed by atoms with Crippen LogP contribution in [0, 0.1) is 0 Å². The molecular weight excluding hydrogens is 449 g/mol. The highest BCUT2D eigenvalue weighted by molar-refractivity contribution is 7.98. The van der Waals surface area contributed by atoms with Gasteiger partial charge in [0.15, 0.2) is 0 Å². The molecule has 1 aliphatic rings. The van der Waals surface area contributed by atoms with Crippen LogP contribution in [0.2, 0.25) is 0 Å². The summed E-state index contributed by atoms with van der Waals surface area (Å²) in [4.78, 5) is 19.1.